The molecule has 1 aliphatic heterocycles. The highest BCUT2D eigenvalue weighted by Crippen LogP contribution is 2.32. The van der Waals surface area contributed by atoms with Crippen LogP contribution < -0.4 is 0 Å². The molecule has 2 rings (SSSR count). The van der Waals surface area contributed by atoms with Crippen LogP contribution in [0.3, 0.4) is 0 Å². The number of thioether (sulfide) groups is 1. The molecule has 4 heteroatoms. The van der Waals surface area contributed by atoms with Crippen molar-refractivity contribution in [2.75, 3.05) is 11.5 Å². The van der Waals surface area contributed by atoms with Crippen molar-refractivity contribution in [3.8, 4) is 0 Å². The van der Waals surface area contributed by atoms with Crippen LogP contribution in [-0.2, 0) is 0 Å². The summed E-state index contributed by atoms with van der Waals surface area (Å²) < 4.78 is 5.59. The molecule has 1 atom stereocenters. The third-order valence-corrected chi connectivity index (χ3v) is 3.39. The molecular weight excluding hydrogens is 184 g/mol. The Balaban J connectivity index is 2.12. The third-order valence-electron chi connectivity index (χ3n) is 2.23. The van der Waals surface area contributed by atoms with Crippen LogP contribution in [0.5, 0.6) is 0 Å². The fraction of sp³-hybridized carbons (Fsp3) is 0.778. The predicted molar refractivity (Wildman–Crippen MR) is 53.1 cm³/mol. The van der Waals surface area contributed by atoms with Crippen LogP contribution in [0.25, 0.3) is 0 Å². The molecule has 2 heterocycles. The second kappa shape index (κ2) is 3.70. The van der Waals surface area contributed by atoms with Crippen molar-refractivity contribution in [1.82, 2.24) is 10.2 Å². The van der Waals surface area contributed by atoms with Gasteiger partial charge in [-0.25, -0.2) is 0 Å². The van der Waals surface area contributed by atoms with Gasteiger partial charge in [-0.05, 0) is 12.2 Å². The summed E-state index contributed by atoms with van der Waals surface area (Å²) in [6.45, 7) is 4.14. The van der Waals surface area contributed by atoms with Gasteiger partial charge in [0.2, 0.25) is 11.8 Å². The minimum atomic E-state index is 0.343. The molecule has 72 valence electrons. The summed E-state index contributed by atoms with van der Waals surface area (Å²) in [7, 11) is 0. The molecule has 1 unspecified atom stereocenters. The van der Waals surface area contributed by atoms with Gasteiger partial charge < -0.3 is 4.42 Å². The number of hydrogen-bond donors (Lipinski definition) is 0. The minimum Gasteiger partial charge on any atom is -0.425 e. The van der Waals surface area contributed by atoms with Crippen LogP contribution in [-0.4, -0.2) is 21.7 Å². The maximum Gasteiger partial charge on any atom is 0.220 e. The molecule has 0 aliphatic carbocycles. The predicted octanol–water partition coefficient (Wildman–Crippen LogP) is 2.41. The zero-order valence-corrected chi connectivity index (χ0v) is 8.80. The van der Waals surface area contributed by atoms with E-state index in [0.717, 1.165) is 17.5 Å². The van der Waals surface area contributed by atoms with Crippen molar-refractivity contribution >= 4 is 11.8 Å². The Labute approximate surface area is 82.3 Å². The molecule has 0 aromatic carbocycles. The fourth-order valence-electron chi connectivity index (χ4n) is 1.37. The molecule has 0 amide bonds. The molecule has 1 aliphatic rings. The highest BCUT2D eigenvalue weighted by Gasteiger charge is 2.23. The molecule has 1 fully saturated rings. The van der Waals surface area contributed by atoms with E-state index < -0.39 is 0 Å². The SMILES string of the molecule is CC(C)c1nnc(C2CCSC2)o1. The largest absolute Gasteiger partial charge is 0.425 e. The lowest BCUT2D eigenvalue weighted by molar-refractivity contribution is 0.411. The summed E-state index contributed by atoms with van der Waals surface area (Å²) in [6.07, 6.45) is 1.18. The molecule has 0 saturated carbocycles. The molecule has 0 N–H and O–H groups in total. The van der Waals surface area contributed by atoms with E-state index in [-0.39, 0.29) is 0 Å². The van der Waals surface area contributed by atoms with Crippen molar-refractivity contribution in [2.45, 2.75) is 32.1 Å². The number of rotatable bonds is 2. The lowest BCUT2D eigenvalue weighted by Gasteiger charge is -2.00. The van der Waals surface area contributed by atoms with E-state index in [4.69, 9.17) is 4.42 Å². The van der Waals surface area contributed by atoms with Gasteiger partial charge >= 0.3 is 0 Å². The van der Waals surface area contributed by atoms with Crippen LogP contribution in [0.15, 0.2) is 4.42 Å². The van der Waals surface area contributed by atoms with E-state index in [0.29, 0.717) is 11.8 Å². The first-order chi connectivity index (χ1) is 6.27. The second-order valence-corrected chi connectivity index (χ2v) is 4.84. The molecule has 13 heavy (non-hydrogen) atoms. The first kappa shape index (κ1) is 9.06. The first-order valence-corrected chi connectivity index (χ1v) is 5.84. The van der Waals surface area contributed by atoms with E-state index in [2.05, 4.69) is 24.0 Å². The van der Waals surface area contributed by atoms with E-state index in [9.17, 15) is 0 Å². The average molecular weight is 198 g/mol. The Hall–Kier alpha value is -0.510. The normalized spacial score (nSPS) is 22.8. The number of aromatic nitrogens is 2. The average Bonchev–Trinajstić information content (AvgIpc) is 2.75. The Morgan fingerprint density at radius 1 is 1.46 bits per heavy atom. The maximum atomic E-state index is 5.59. The van der Waals surface area contributed by atoms with Gasteiger partial charge in [0.25, 0.3) is 0 Å². The highest BCUT2D eigenvalue weighted by atomic mass is 32.2. The molecule has 0 spiro atoms. The Kier molecular flexibility index (Phi) is 2.58. The summed E-state index contributed by atoms with van der Waals surface area (Å²) in [6, 6.07) is 0. The summed E-state index contributed by atoms with van der Waals surface area (Å²) >= 11 is 1.97. The van der Waals surface area contributed by atoms with Crippen molar-refractivity contribution in [2.24, 2.45) is 0 Å². The summed E-state index contributed by atoms with van der Waals surface area (Å²) in [5.41, 5.74) is 0. The van der Waals surface area contributed by atoms with Crippen molar-refractivity contribution in [1.29, 1.82) is 0 Å². The third kappa shape index (κ3) is 1.88. The fourth-order valence-corrected chi connectivity index (χ4v) is 2.59. The van der Waals surface area contributed by atoms with Gasteiger partial charge in [-0.2, -0.15) is 11.8 Å². The quantitative estimate of drug-likeness (QED) is 0.731. The molecule has 1 aromatic rings. The van der Waals surface area contributed by atoms with Crippen LogP contribution in [0, 0.1) is 0 Å². The van der Waals surface area contributed by atoms with E-state index in [1.165, 1.54) is 12.2 Å². The van der Waals surface area contributed by atoms with Crippen molar-refractivity contribution in [3.63, 3.8) is 0 Å². The lowest BCUT2D eigenvalue weighted by atomic mass is 10.1. The Bertz CT molecular complexity index is 279. The monoisotopic (exact) mass is 198 g/mol. The Morgan fingerprint density at radius 3 is 2.85 bits per heavy atom. The second-order valence-electron chi connectivity index (χ2n) is 3.69. The number of hydrogen-bond acceptors (Lipinski definition) is 4. The summed E-state index contributed by atoms with van der Waals surface area (Å²) in [4.78, 5) is 0. The highest BCUT2D eigenvalue weighted by molar-refractivity contribution is 7.99. The molecule has 1 saturated heterocycles. The molecule has 0 bridgehead atoms. The first-order valence-electron chi connectivity index (χ1n) is 4.68. The summed E-state index contributed by atoms with van der Waals surface area (Å²) in [5, 5.41) is 8.12. The van der Waals surface area contributed by atoms with Crippen LogP contribution in [0.1, 0.15) is 43.9 Å². The van der Waals surface area contributed by atoms with Gasteiger partial charge in [0.1, 0.15) is 0 Å². The molecule has 3 nitrogen and oxygen atoms in total. The van der Waals surface area contributed by atoms with E-state index in [1.54, 1.807) is 0 Å². The zero-order chi connectivity index (χ0) is 9.26. The lowest BCUT2D eigenvalue weighted by Crippen LogP contribution is -1.95. The number of nitrogens with zero attached hydrogens (tertiary/aromatic N) is 2. The van der Waals surface area contributed by atoms with Crippen LogP contribution in [0.4, 0.5) is 0 Å². The molecule has 1 aromatic heterocycles. The zero-order valence-electron chi connectivity index (χ0n) is 7.99. The molecule has 0 radical (unpaired) electrons. The molecular formula is C9H14N2OS. The van der Waals surface area contributed by atoms with Gasteiger partial charge in [-0.1, -0.05) is 13.8 Å². The van der Waals surface area contributed by atoms with Crippen molar-refractivity contribution < 1.29 is 4.42 Å². The minimum absolute atomic E-state index is 0.343. The smallest absolute Gasteiger partial charge is 0.220 e. The van der Waals surface area contributed by atoms with Gasteiger partial charge in [-0.15, -0.1) is 10.2 Å². The van der Waals surface area contributed by atoms with Gasteiger partial charge in [0.15, 0.2) is 0 Å². The van der Waals surface area contributed by atoms with Crippen LogP contribution in [0.2, 0.25) is 0 Å². The Morgan fingerprint density at radius 2 is 2.31 bits per heavy atom. The van der Waals surface area contributed by atoms with E-state index >= 15 is 0 Å². The van der Waals surface area contributed by atoms with E-state index in [1.807, 2.05) is 11.8 Å². The van der Waals surface area contributed by atoms with Crippen LogP contribution >= 0.6 is 11.8 Å². The van der Waals surface area contributed by atoms with Gasteiger partial charge in [-0.3, -0.25) is 0 Å². The van der Waals surface area contributed by atoms with Crippen molar-refractivity contribution in [3.05, 3.63) is 11.8 Å². The topological polar surface area (TPSA) is 38.9 Å². The maximum absolute atomic E-state index is 5.59. The van der Waals surface area contributed by atoms with Gasteiger partial charge in [0.05, 0.1) is 0 Å². The summed E-state index contributed by atoms with van der Waals surface area (Å²) in [5.74, 6) is 4.82. The van der Waals surface area contributed by atoms with Gasteiger partial charge in [0, 0.05) is 17.6 Å². The standard InChI is InChI=1S/C9H14N2OS/c1-6(2)8-10-11-9(12-8)7-3-4-13-5-7/h6-7H,3-5H2,1-2H3.